The lowest BCUT2D eigenvalue weighted by molar-refractivity contribution is -0.129. The number of rotatable bonds is 5. The highest BCUT2D eigenvalue weighted by Gasteiger charge is 2.24. The molecule has 5 heteroatoms. The van der Waals surface area contributed by atoms with E-state index in [4.69, 9.17) is 9.47 Å². The van der Waals surface area contributed by atoms with Crippen molar-refractivity contribution in [3.63, 3.8) is 0 Å². The van der Waals surface area contributed by atoms with Crippen LogP contribution >= 0.6 is 0 Å². The molecule has 0 amide bonds. The molecule has 0 spiro atoms. The van der Waals surface area contributed by atoms with Gasteiger partial charge in [-0.15, -0.1) is 0 Å². The van der Waals surface area contributed by atoms with Crippen LogP contribution in [0, 0.1) is 11.7 Å². The van der Waals surface area contributed by atoms with Crippen molar-refractivity contribution in [1.82, 2.24) is 0 Å². The maximum absolute atomic E-state index is 13.0. The minimum Gasteiger partial charge on any atom is -0.493 e. The zero-order valence-corrected chi connectivity index (χ0v) is 14.0. The van der Waals surface area contributed by atoms with Gasteiger partial charge in [-0.3, -0.25) is 0 Å². The first kappa shape index (κ1) is 16.9. The van der Waals surface area contributed by atoms with E-state index in [2.05, 4.69) is 18.8 Å². The second-order valence-electron chi connectivity index (χ2n) is 6.12. The van der Waals surface area contributed by atoms with Crippen molar-refractivity contribution in [2.75, 3.05) is 6.61 Å². The zero-order valence-electron chi connectivity index (χ0n) is 14.0. The van der Waals surface area contributed by atoms with Gasteiger partial charge in [-0.2, -0.15) is 0 Å². The highest BCUT2D eigenvalue weighted by Crippen LogP contribution is 2.21. The van der Waals surface area contributed by atoms with Crippen molar-refractivity contribution < 1.29 is 18.7 Å². The predicted octanol–water partition coefficient (Wildman–Crippen LogP) is 4.21. The van der Waals surface area contributed by atoms with E-state index in [0.717, 1.165) is 11.3 Å². The highest BCUT2D eigenvalue weighted by atomic mass is 19.1. The van der Waals surface area contributed by atoms with Crippen LogP contribution in [-0.2, 0) is 9.53 Å². The number of aliphatic imine (C=N–C) groups is 1. The topological polar surface area (TPSA) is 47.9 Å². The number of hydrogen-bond acceptors (Lipinski definition) is 4. The Balaban J connectivity index is 1.82. The third-order valence-electron chi connectivity index (χ3n) is 3.46. The van der Waals surface area contributed by atoms with E-state index < -0.39 is 5.97 Å². The molecule has 0 saturated carbocycles. The number of carbonyl (C=O) groups excluding carboxylic acids is 1. The standard InChI is InChI=1S/C20H18FNO3/c1-13(2)12-24-17-5-3-4-14(10-17)11-18-20(23)25-19(22-18)15-6-8-16(21)9-7-15/h3-11,13H,12H2,1-2H3/b18-11-. The fourth-order valence-electron chi connectivity index (χ4n) is 2.24. The lowest BCUT2D eigenvalue weighted by atomic mass is 10.2. The minimum absolute atomic E-state index is 0.170. The summed E-state index contributed by atoms with van der Waals surface area (Å²) in [7, 11) is 0. The predicted molar refractivity (Wildman–Crippen MR) is 93.8 cm³/mol. The van der Waals surface area contributed by atoms with E-state index in [0.29, 0.717) is 18.1 Å². The molecule has 0 unspecified atom stereocenters. The molecular formula is C20H18FNO3. The van der Waals surface area contributed by atoms with Crippen LogP contribution in [-0.4, -0.2) is 18.5 Å². The fraction of sp³-hybridized carbons (Fsp3) is 0.200. The SMILES string of the molecule is CC(C)COc1cccc(/C=C2\N=C(c3ccc(F)cc3)OC2=O)c1. The van der Waals surface area contributed by atoms with E-state index in [1.807, 2.05) is 24.3 Å². The lowest BCUT2D eigenvalue weighted by Gasteiger charge is -2.08. The molecular weight excluding hydrogens is 321 g/mol. The van der Waals surface area contributed by atoms with Crippen LogP contribution in [0.5, 0.6) is 5.75 Å². The van der Waals surface area contributed by atoms with Crippen LogP contribution < -0.4 is 4.74 Å². The van der Waals surface area contributed by atoms with Crippen molar-refractivity contribution in [3.05, 3.63) is 71.2 Å². The fourth-order valence-corrected chi connectivity index (χ4v) is 2.24. The Morgan fingerprint density at radius 1 is 1.20 bits per heavy atom. The summed E-state index contributed by atoms with van der Waals surface area (Å²) in [5.74, 6) is 0.436. The second-order valence-corrected chi connectivity index (χ2v) is 6.12. The molecule has 2 aromatic carbocycles. The normalized spacial score (nSPS) is 15.4. The third kappa shape index (κ3) is 4.32. The van der Waals surface area contributed by atoms with Crippen LogP contribution in [0.2, 0.25) is 0 Å². The first-order valence-corrected chi connectivity index (χ1v) is 8.02. The summed E-state index contributed by atoms with van der Waals surface area (Å²) in [4.78, 5) is 16.2. The van der Waals surface area contributed by atoms with Gasteiger partial charge in [0.1, 0.15) is 11.6 Å². The number of halogens is 1. The Labute approximate surface area is 145 Å². The summed E-state index contributed by atoms with van der Waals surface area (Å²) in [6.07, 6.45) is 1.64. The molecule has 0 saturated heterocycles. The van der Waals surface area contributed by atoms with Crippen molar-refractivity contribution in [2.24, 2.45) is 10.9 Å². The van der Waals surface area contributed by atoms with E-state index >= 15 is 0 Å². The van der Waals surface area contributed by atoms with Gasteiger partial charge in [-0.05, 0) is 54.0 Å². The second kappa shape index (κ2) is 7.30. The molecule has 0 radical (unpaired) electrons. The van der Waals surface area contributed by atoms with Gasteiger partial charge in [0.15, 0.2) is 5.70 Å². The van der Waals surface area contributed by atoms with Crippen molar-refractivity contribution in [3.8, 4) is 5.75 Å². The van der Waals surface area contributed by atoms with Crippen molar-refractivity contribution >= 4 is 17.9 Å². The van der Waals surface area contributed by atoms with Crippen LogP contribution in [0.1, 0.15) is 25.0 Å². The average Bonchev–Trinajstić information content (AvgIpc) is 2.95. The Kier molecular flexibility index (Phi) is 4.93. The Bertz CT molecular complexity index is 838. The van der Waals surface area contributed by atoms with Gasteiger partial charge in [-0.1, -0.05) is 26.0 Å². The molecule has 4 nitrogen and oxygen atoms in total. The number of ether oxygens (including phenoxy) is 2. The maximum atomic E-state index is 13.0. The minimum atomic E-state index is -0.534. The summed E-state index contributed by atoms with van der Waals surface area (Å²) in [5, 5.41) is 0. The van der Waals surface area contributed by atoms with E-state index in [9.17, 15) is 9.18 Å². The van der Waals surface area contributed by atoms with E-state index in [1.54, 1.807) is 6.08 Å². The first-order chi connectivity index (χ1) is 12.0. The molecule has 3 rings (SSSR count). The zero-order chi connectivity index (χ0) is 17.8. The Morgan fingerprint density at radius 3 is 2.68 bits per heavy atom. The summed E-state index contributed by atoms with van der Waals surface area (Å²) in [5.41, 5.74) is 1.53. The first-order valence-electron chi connectivity index (χ1n) is 8.02. The van der Waals surface area contributed by atoms with Crippen LogP contribution in [0.25, 0.3) is 6.08 Å². The van der Waals surface area contributed by atoms with Gasteiger partial charge in [0, 0.05) is 5.56 Å². The molecule has 1 aliphatic heterocycles. The quantitative estimate of drug-likeness (QED) is 0.606. The van der Waals surface area contributed by atoms with Gasteiger partial charge >= 0.3 is 5.97 Å². The molecule has 0 fully saturated rings. The van der Waals surface area contributed by atoms with Gasteiger partial charge in [-0.25, -0.2) is 14.2 Å². The number of carbonyl (C=O) groups is 1. The number of benzene rings is 2. The average molecular weight is 339 g/mol. The number of cyclic esters (lactones) is 1. The summed E-state index contributed by atoms with van der Waals surface area (Å²) >= 11 is 0. The van der Waals surface area contributed by atoms with Crippen molar-refractivity contribution in [1.29, 1.82) is 0 Å². The van der Waals surface area contributed by atoms with Gasteiger partial charge in [0.2, 0.25) is 5.90 Å². The Morgan fingerprint density at radius 2 is 1.96 bits per heavy atom. The molecule has 1 heterocycles. The monoisotopic (exact) mass is 339 g/mol. The summed E-state index contributed by atoms with van der Waals surface area (Å²) in [6, 6.07) is 13.0. The largest absolute Gasteiger partial charge is 0.493 e. The van der Waals surface area contributed by atoms with E-state index in [1.165, 1.54) is 24.3 Å². The lowest BCUT2D eigenvalue weighted by Crippen LogP contribution is -2.05. The molecule has 0 N–H and O–H groups in total. The molecule has 0 bridgehead atoms. The molecule has 25 heavy (non-hydrogen) atoms. The van der Waals surface area contributed by atoms with Crippen molar-refractivity contribution in [2.45, 2.75) is 13.8 Å². The molecule has 0 aliphatic carbocycles. The Hall–Kier alpha value is -2.95. The highest BCUT2D eigenvalue weighted by molar-refractivity contribution is 6.12. The molecule has 1 aliphatic rings. The summed E-state index contributed by atoms with van der Waals surface area (Å²) < 4.78 is 23.8. The number of nitrogens with zero attached hydrogens (tertiary/aromatic N) is 1. The van der Waals surface area contributed by atoms with Gasteiger partial charge in [0.25, 0.3) is 0 Å². The van der Waals surface area contributed by atoms with Crippen LogP contribution in [0.3, 0.4) is 0 Å². The molecule has 0 aromatic heterocycles. The third-order valence-corrected chi connectivity index (χ3v) is 3.46. The van der Waals surface area contributed by atoms with E-state index in [-0.39, 0.29) is 17.4 Å². The maximum Gasteiger partial charge on any atom is 0.363 e. The van der Waals surface area contributed by atoms with Crippen LogP contribution in [0.4, 0.5) is 4.39 Å². The van der Waals surface area contributed by atoms with Gasteiger partial charge in [0.05, 0.1) is 6.61 Å². The molecule has 0 atom stereocenters. The summed E-state index contributed by atoms with van der Waals surface area (Å²) in [6.45, 7) is 4.77. The number of hydrogen-bond donors (Lipinski definition) is 0. The van der Waals surface area contributed by atoms with Gasteiger partial charge < -0.3 is 9.47 Å². The molecule has 2 aromatic rings. The number of esters is 1. The van der Waals surface area contributed by atoms with Crippen LogP contribution in [0.15, 0.2) is 59.2 Å². The molecule has 128 valence electrons. The smallest absolute Gasteiger partial charge is 0.363 e.